The number of benzene rings is 2. The number of thioether (sulfide) groups is 1. The molecule has 2 aromatic carbocycles. The van der Waals surface area contributed by atoms with Crippen molar-refractivity contribution >= 4 is 38.8 Å². The van der Waals surface area contributed by atoms with Crippen LogP contribution < -0.4 is 0 Å². The molecule has 0 unspecified atom stereocenters. The molecule has 0 atom stereocenters. The molecule has 0 saturated carbocycles. The molecule has 3 nitrogen and oxygen atoms in total. The Morgan fingerprint density at radius 2 is 2.04 bits per heavy atom. The number of carbonyl (C=O) groups is 1. The van der Waals surface area contributed by atoms with Gasteiger partial charge in [-0.05, 0) is 42.0 Å². The third-order valence-corrected chi connectivity index (χ3v) is 5.01. The molecule has 0 spiro atoms. The zero-order chi connectivity index (χ0) is 16.2. The van der Waals surface area contributed by atoms with Gasteiger partial charge in [-0.3, -0.25) is 14.7 Å². The molecule has 2 aromatic rings. The fourth-order valence-corrected chi connectivity index (χ4v) is 3.51. The third-order valence-electron chi connectivity index (χ3n) is 3.39. The van der Waals surface area contributed by atoms with Gasteiger partial charge >= 0.3 is 0 Å². The molecule has 6 heteroatoms. The van der Waals surface area contributed by atoms with E-state index in [9.17, 15) is 9.18 Å². The van der Waals surface area contributed by atoms with Gasteiger partial charge in [0.15, 0.2) is 5.17 Å². The highest BCUT2D eigenvalue weighted by molar-refractivity contribution is 9.10. The van der Waals surface area contributed by atoms with Crippen LogP contribution >= 0.6 is 27.7 Å². The third kappa shape index (κ3) is 4.00. The van der Waals surface area contributed by atoms with Crippen LogP contribution in [0.25, 0.3) is 0 Å². The largest absolute Gasteiger partial charge is 0.286 e. The molecular formula is C17H14BrFN2OS. The van der Waals surface area contributed by atoms with E-state index in [1.807, 2.05) is 18.2 Å². The summed E-state index contributed by atoms with van der Waals surface area (Å²) in [7, 11) is 0. The van der Waals surface area contributed by atoms with Gasteiger partial charge in [0.25, 0.3) is 5.91 Å². The quantitative estimate of drug-likeness (QED) is 0.778. The van der Waals surface area contributed by atoms with Crippen LogP contribution in [0.15, 0.2) is 58.0 Å². The summed E-state index contributed by atoms with van der Waals surface area (Å²) in [5.41, 5.74) is 1.51. The van der Waals surface area contributed by atoms with Gasteiger partial charge in [-0.2, -0.15) is 0 Å². The maximum Gasteiger partial charge on any atom is 0.259 e. The molecule has 0 fully saturated rings. The van der Waals surface area contributed by atoms with Crippen LogP contribution in [0.5, 0.6) is 0 Å². The summed E-state index contributed by atoms with van der Waals surface area (Å²) in [6.07, 6.45) is 0. The number of halogens is 2. The zero-order valence-electron chi connectivity index (χ0n) is 12.2. The molecule has 118 valence electrons. The van der Waals surface area contributed by atoms with E-state index in [1.54, 1.807) is 23.1 Å². The molecule has 1 heterocycles. The monoisotopic (exact) mass is 392 g/mol. The summed E-state index contributed by atoms with van der Waals surface area (Å²) in [5, 5.41) is 0.696. The lowest BCUT2D eigenvalue weighted by Gasteiger charge is -2.18. The van der Waals surface area contributed by atoms with Crippen LogP contribution in [0.3, 0.4) is 0 Å². The fraction of sp³-hybridized carbons (Fsp3) is 0.176. The molecule has 0 aromatic heterocycles. The first kappa shape index (κ1) is 16.2. The molecular weight excluding hydrogens is 379 g/mol. The number of rotatable bonds is 3. The van der Waals surface area contributed by atoms with Crippen LogP contribution in [-0.2, 0) is 5.75 Å². The van der Waals surface area contributed by atoms with E-state index in [4.69, 9.17) is 0 Å². The number of nitrogens with zero attached hydrogens (tertiary/aromatic N) is 2. The number of carbonyl (C=O) groups excluding carboxylic acids is 1. The van der Waals surface area contributed by atoms with Crippen molar-refractivity contribution < 1.29 is 9.18 Å². The Balaban J connectivity index is 1.67. The molecule has 1 amide bonds. The molecule has 0 radical (unpaired) electrons. The molecule has 0 bridgehead atoms. The Labute approximate surface area is 146 Å². The molecule has 23 heavy (non-hydrogen) atoms. The van der Waals surface area contributed by atoms with Gasteiger partial charge < -0.3 is 0 Å². The number of hydrogen-bond acceptors (Lipinski definition) is 3. The second-order valence-corrected chi connectivity index (χ2v) is 6.90. The van der Waals surface area contributed by atoms with Crippen LogP contribution in [0.1, 0.15) is 15.9 Å². The van der Waals surface area contributed by atoms with E-state index in [0.717, 1.165) is 10.0 Å². The summed E-state index contributed by atoms with van der Waals surface area (Å²) in [6.45, 7) is 1.19. The van der Waals surface area contributed by atoms with Gasteiger partial charge in [0, 0.05) is 22.3 Å². The van der Waals surface area contributed by atoms with Crippen LogP contribution in [0.2, 0.25) is 0 Å². The van der Waals surface area contributed by atoms with Gasteiger partial charge in [-0.1, -0.05) is 39.8 Å². The fourth-order valence-electron chi connectivity index (χ4n) is 2.26. The SMILES string of the molecule is O=C(c1ccc(Br)cc1)N1CCN=C1SCc1cccc(F)c1. The van der Waals surface area contributed by atoms with E-state index >= 15 is 0 Å². The second-order valence-electron chi connectivity index (χ2n) is 5.05. The number of amidine groups is 1. The molecule has 1 aliphatic heterocycles. The van der Waals surface area contributed by atoms with Crippen molar-refractivity contribution in [1.82, 2.24) is 4.90 Å². The van der Waals surface area contributed by atoms with Crippen molar-refractivity contribution in [3.8, 4) is 0 Å². The average Bonchev–Trinajstić information content (AvgIpc) is 3.01. The van der Waals surface area contributed by atoms with E-state index in [-0.39, 0.29) is 11.7 Å². The zero-order valence-corrected chi connectivity index (χ0v) is 14.6. The smallest absolute Gasteiger partial charge is 0.259 e. The minimum Gasteiger partial charge on any atom is -0.286 e. The summed E-state index contributed by atoms with van der Waals surface area (Å²) in [5.74, 6) is 0.278. The van der Waals surface area contributed by atoms with Gasteiger partial charge in [0.2, 0.25) is 0 Å². The minimum absolute atomic E-state index is 0.0551. The molecule has 0 saturated heterocycles. The highest BCUT2D eigenvalue weighted by Crippen LogP contribution is 2.22. The lowest BCUT2D eigenvalue weighted by Crippen LogP contribution is -2.32. The van der Waals surface area contributed by atoms with Gasteiger partial charge in [-0.25, -0.2) is 4.39 Å². The van der Waals surface area contributed by atoms with Gasteiger partial charge in [-0.15, -0.1) is 0 Å². The highest BCUT2D eigenvalue weighted by atomic mass is 79.9. The van der Waals surface area contributed by atoms with Crippen LogP contribution in [0.4, 0.5) is 4.39 Å². The summed E-state index contributed by atoms with van der Waals surface area (Å²) in [4.78, 5) is 18.7. The van der Waals surface area contributed by atoms with Crippen molar-refractivity contribution in [2.75, 3.05) is 13.1 Å². The van der Waals surface area contributed by atoms with Crippen molar-refractivity contribution in [1.29, 1.82) is 0 Å². The molecule has 0 aliphatic carbocycles. The van der Waals surface area contributed by atoms with E-state index < -0.39 is 0 Å². The summed E-state index contributed by atoms with van der Waals surface area (Å²) >= 11 is 4.82. The minimum atomic E-state index is -0.251. The number of amides is 1. The van der Waals surface area contributed by atoms with Gasteiger partial charge in [0.1, 0.15) is 5.82 Å². The van der Waals surface area contributed by atoms with Gasteiger partial charge in [0.05, 0.1) is 6.54 Å². The first-order chi connectivity index (χ1) is 11.1. The number of hydrogen-bond donors (Lipinski definition) is 0. The Hall–Kier alpha value is -1.66. The second kappa shape index (κ2) is 7.27. The van der Waals surface area contributed by atoms with Crippen LogP contribution in [-0.4, -0.2) is 29.1 Å². The predicted molar refractivity (Wildman–Crippen MR) is 95.2 cm³/mol. The Bertz CT molecular complexity index is 749. The first-order valence-electron chi connectivity index (χ1n) is 7.12. The molecule has 3 rings (SSSR count). The average molecular weight is 393 g/mol. The Kier molecular flexibility index (Phi) is 5.13. The molecule has 1 aliphatic rings. The predicted octanol–water partition coefficient (Wildman–Crippen LogP) is 4.33. The van der Waals surface area contributed by atoms with Crippen LogP contribution in [0, 0.1) is 5.82 Å². The standard InChI is InChI=1S/C17H14BrFN2OS/c18-14-6-4-13(5-7-14)16(22)21-9-8-20-17(21)23-11-12-2-1-3-15(19)10-12/h1-7,10H,8-9,11H2. The van der Waals surface area contributed by atoms with Crippen molar-refractivity contribution in [3.05, 3.63) is 69.9 Å². The summed E-state index contributed by atoms with van der Waals surface area (Å²) < 4.78 is 14.2. The Morgan fingerprint density at radius 3 is 2.78 bits per heavy atom. The Morgan fingerprint density at radius 1 is 1.26 bits per heavy atom. The lowest BCUT2D eigenvalue weighted by molar-refractivity contribution is 0.0860. The normalized spacial score (nSPS) is 14.0. The highest BCUT2D eigenvalue weighted by Gasteiger charge is 2.25. The van der Waals surface area contributed by atoms with Crippen molar-refractivity contribution in [2.24, 2.45) is 4.99 Å². The maximum atomic E-state index is 13.2. The maximum absolute atomic E-state index is 13.2. The summed E-state index contributed by atoms with van der Waals surface area (Å²) in [6, 6.07) is 13.8. The topological polar surface area (TPSA) is 32.7 Å². The van der Waals surface area contributed by atoms with E-state index in [2.05, 4.69) is 20.9 Å². The van der Waals surface area contributed by atoms with E-state index in [1.165, 1.54) is 23.9 Å². The lowest BCUT2D eigenvalue weighted by atomic mass is 10.2. The van der Waals surface area contributed by atoms with Crippen molar-refractivity contribution in [3.63, 3.8) is 0 Å². The molecule has 0 N–H and O–H groups in total. The van der Waals surface area contributed by atoms with Crippen molar-refractivity contribution in [2.45, 2.75) is 5.75 Å². The first-order valence-corrected chi connectivity index (χ1v) is 8.90. The number of aliphatic imine (C=N–C) groups is 1. The van der Waals surface area contributed by atoms with E-state index in [0.29, 0.717) is 29.6 Å².